The van der Waals surface area contributed by atoms with Crippen molar-refractivity contribution in [2.24, 2.45) is 5.41 Å². The monoisotopic (exact) mass is 127 g/mol. The molecule has 0 aliphatic carbocycles. The van der Waals surface area contributed by atoms with Crippen LogP contribution in [0.2, 0.25) is 0 Å². The highest BCUT2D eigenvalue weighted by Gasteiger charge is 2.27. The molecule has 0 aromatic heterocycles. The molecule has 0 aromatic carbocycles. The van der Waals surface area contributed by atoms with Crippen LogP contribution in [0.3, 0.4) is 0 Å². The molecule has 1 atom stereocenters. The molecule has 0 bridgehead atoms. The highest BCUT2D eigenvalue weighted by atomic mass is 14.9. The van der Waals surface area contributed by atoms with E-state index in [2.05, 4.69) is 17.6 Å². The molecule has 0 aromatic rings. The van der Waals surface area contributed by atoms with Gasteiger partial charge in [0, 0.05) is 19.6 Å². The quantitative estimate of drug-likeness (QED) is 0.564. The fraction of sp³-hybridized carbons (Fsp3) is 1.00. The van der Waals surface area contributed by atoms with E-state index in [9.17, 15) is 0 Å². The molecule has 0 spiro atoms. The topological polar surface area (TPSA) is 26.1 Å². The average Bonchev–Trinajstić information content (AvgIpc) is 2.16. The maximum atomic E-state index is 4.32. The van der Waals surface area contributed by atoms with Crippen molar-refractivity contribution in [2.45, 2.75) is 13.3 Å². The number of nitrogens with zero attached hydrogens (tertiary/aromatic N) is 1. The molecule has 53 valence electrons. The molecule has 1 unspecified atom stereocenters. The van der Waals surface area contributed by atoms with Crippen LogP contribution in [-0.4, -0.2) is 26.7 Å². The molecular weight excluding hydrogens is 112 g/mol. The van der Waals surface area contributed by atoms with Crippen LogP contribution in [-0.2, 0) is 0 Å². The van der Waals surface area contributed by atoms with Gasteiger partial charge in [0.2, 0.25) is 0 Å². The Morgan fingerprint density at radius 2 is 2.44 bits per heavy atom. The minimum atomic E-state index is 0.467. The predicted octanol–water partition coefficient (Wildman–Crippen LogP) is 0.220. The zero-order chi connectivity index (χ0) is 6.74. The summed E-state index contributed by atoms with van der Waals surface area (Å²) in [5.41, 5.74) is 0.467. The molecule has 1 saturated heterocycles. The molecule has 1 aliphatic heterocycles. The van der Waals surface area contributed by atoms with Crippen LogP contribution in [0, 0.1) is 5.41 Å². The van der Waals surface area contributed by atoms with Gasteiger partial charge in [-0.1, -0.05) is 6.92 Å². The van der Waals surface area contributed by atoms with Crippen molar-refractivity contribution >= 4 is 0 Å². The lowest BCUT2D eigenvalue weighted by atomic mass is 9.90. The smallest absolute Gasteiger partial charge is 0.0199 e. The van der Waals surface area contributed by atoms with Gasteiger partial charge in [-0.25, -0.2) is 5.32 Å². The summed E-state index contributed by atoms with van der Waals surface area (Å²) in [6, 6.07) is 0. The van der Waals surface area contributed by atoms with Gasteiger partial charge in [-0.15, -0.1) is 0 Å². The number of hydrogen-bond acceptors (Lipinski definition) is 1. The Morgan fingerprint density at radius 1 is 1.67 bits per heavy atom. The van der Waals surface area contributed by atoms with Crippen molar-refractivity contribution < 1.29 is 0 Å². The lowest BCUT2D eigenvalue weighted by Crippen LogP contribution is -2.30. The summed E-state index contributed by atoms with van der Waals surface area (Å²) < 4.78 is 0. The lowest BCUT2D eigenvalue weighted by molar-refractivity contribution is 0.351. The van der Waals surface area contributed by atoms with Crippen LogP contribution >= 0.6 is 0 Å². The van der Waals surface area contributed by atoms with Crippen molar-refractivity contribution in [3.63, 3.8) is 0 Å². The van der Waals surface area contributed by atoms with Gasteiger partial charge in [-0.05, 0) is 18.9 Å². The van der Waals surface area contributed by atoms with Gasteiger partial charge in [0.1, 0.15) is 0 Å². The molecule has 2 nitrogen and oxygen atoms in total. The van der Waals surface area contributed by atoms with Crippen molar-refractivity contribution in [3.8, 4) is 0 Å². The Labute approximate surface area is 57.0 Å². The van der Waals surface area contributed by atoms with E-state index in [-0.39, 0.29) is 0 Å². The SMILES string of the molecule is CNCC1(C)CC[N]C1. The summed E-state index contributed by atoms with van der Waals surface area (Å²) in [4.78, 5) is 0. The average molecular weight is 127 g/mol. The Hall–Kier alpha value is -0.0800. The molecule has 1 fully saturated rings. The molecule has 1 heterocycles. The van der Waals surface area contributed by atoms with E-state index in [1.54, 1.807) is 0 Å². The van der Waals surface area contributed by atoms with Gasteiger partial charge < -0.3 is 5.32 Å². The van der Waals surface area contributed by atoms with Crippen LogP contribution < -0.4 is 10.6 Å². The normalized spacial score (nSPS) is 35.3. The summed E-state index contributed by atoms with van der Waals surface area (Å²) in [7, 11) is 2.00. The lowest BCUT2D eigenvalue weighted by Gasteiger charge is -2.20. The molecule has 0 amide bonds. The van der Waals surface area contributed by atoms with Crippen molar-refractivity contribution in [3.05, 3.63) is 0 Å². The van der Waals surface area contributed by atoms with E-state index in [1.165, 1.54) is 6.42 Å². The zero-order valence-corrected chi connectivity index (χ0v) is 6.28. The molecule has 0 saturated carbocycles. The molecule has 9 heavy (non-hydrogen) atoms. The van der Waals surface area contributed by atoms with Gasteiger partial charge in [0.05, 0.1) is 0 Å². The third kappa shape index (κ3) is 1.66. The van der Waals surface area contributed by atoms with Gasteiger partial charge in [-0.2, -0.15) is 0 Å². The molecule has 1 N–H and O–H groups in total. The van der Waals surface area contributed by atoms with Crippen LogP contribution in [0.25, 0.3) is 0 Å². The predicted molar refractivity (Wildman–Crippen MR) is 38.5 cm³/mol. The number of rotatable bonds is 2. The first-order chi connectivity index (χ1) is 4.27. The van der Waals surface area contributed by atoms with Crippen molar-refractivity contribution in [1.29, 1.82) is 0 Å². The van der Waals surface area contributed by atoms with E-state index in [0.29, 0.717) is 5.41 Å². The summed E-state index contributed by atoms with van der Waals surface area (Å²) >= 11 is 0. The van der Waals surface area contributed by atoms with Crippen LogP contribution in [0.4, 0.5) is 0 Å². The second kappa shape index (κ2) is 2.67. The van der Waals surface area contributed by atoms with Crippen LogP contribution in [0.5, 0.6) is 0 Å². The summed E-state index contributed by atoms with van der Waals surface area (Å²) in [6.07, 6.45) is 1.26. The highest BCUT2D eigenvalue weighted by molar-refractivity contribution is 4.84. The van der Waals surface area contributed by atoms with Crippen molar-refractivity contribution in [1.82, 2.24) is 10.6 Å². The minimum absolute atomic E-state index is 0.467. The third-order valence-electron chi connectivity index (χ3n) is 1.97. The van der Waals surface area contributed by atoms with Crippen LogP contribution in [0.15, 0.2) is 0 Å². The van der Waals surface area contributed by atoms with Gasteiger partial charge in [0.15, 0.2) is 0 Å². The van der Waals surface area contributed by atoms with Crippen molar-refractivity contribution in [2.75, 3.05) is 26.7 Å². The molecule has 1 aliphatic rings. The minimum Gasteiger partial charge on any atom is -0.319 e. The second-order valence-corrected chi connectivity index (χ2v) is 3.20. The van der Waals surface area contributed by atoms with E-state index in [1.807, 2.05) is 7.05 Å². The third-order valence-corrected chi connectivity index (χ3v) is 1.97. The van der Waals surface area contributed by atoms with Crippen LogP contribution in [0.1, 0.15) is 13.3 Å². The Morgan fingerprint density at radius 3 is 2.89 bits per heavy atom. The van der Waals surface area contributed by atoms with E-state index in [0.717, 1.165) is 19.6 Å². The summed E-state index contributed by atoms with van der Waals surface area (Å²) in [5, 5.41) is 7.51. The molecular formula is C7H15N2. The van der Waals surface area contributed by atoms with E-state index >= 15 is 0 Å². The number of hydrogen-bond donors (Lipinski definition) is 1. The highest BCUT2D eigenvalue weighted by Crippen LogP contribution is 2.23. The fourth-order valence-electron chi connectivity index (χ4n) is 1.35. The first-order valence-corrected chi connectivity index (χ1v) is 3.55. The largest absolute Gasteiger partial charge is 0.319 e. The van der Waals surface area contributed by atoms with Gasteiger partial charge in [0.25, 0.3) is 0 Å². The molecule has 1 rings (SSSR count). The first kappa shape index (κ1) is 7.03. The number of nitrogens with one attached hydrogen (secondary N) is 1. The second-order valence-electron chi connectivity index (χ2n) is 3.20. The van der Waals surface area contributed by atoms with Gasteiger partial charge >= 0.3 is 0 Å². The Balaban J connectivity index is 2.32. The maximum Gasteiger partial charge on any atom is 0.0199 e. The maximum absolute atomic E-state index is 4.32. The zero-order valence-electron chi connectivity index (χ0n) is 6.28. The summed E-state index contributed by atoms with van der Waals surface area (Å²) in [6.45, 7) is 5.52. The Kier molecular flexibility index (Phi) is 2.09. The molecule has 1 radical (unpaired) electrons. The van der Waals surface area contributed by atoms with Gasteiger partial charge in [-0.3, -0.25) is 0 Å². The molecule has 2 heteroatoms. The Bertz CT molecular complexity index is 84.9. The summed E-state index contributed by atoms with van der Waals surface area (Å²) in [5.74, 6) is 0. The fourth-order valence-corrected chi connectivity index (χ4v) is 1.35. The standard InChI is InChI=1S/C7H15N2/c1-7(5-8-2)3-4-9-6-7/h8H,3-6H2,1-2H3. The first-order valence-electron chi connectivity index (χ1n) is 3.55. The van der Waals surface area contributed by atoms with E-state index in [4.69, 9.17) is 0 Å². The van der Waals surface area contributed by atoms with E-state index < -0.39 is 0 Å².